The molecule has 2 atom stereocenters. The zero-order chi connectivity index (χ0) is 24.2. The summed E-state index contributed by atoms with van der Waals surface area (Å²) in [4.78, 5) is 35.9. The third-order valence-electron chi connectivity index (χ3n) is 5.40. The summed E-state index contributed by atoms with van der Waals surface area (Å²) in [6, 6.07) is 2.33. The van der Waals surface area contributed by atoms with E-state index in [-0.39, 0.29) is 23.7 Å². The highest BCUT2D eigenvalue weighted by Crippen LogP contribution is 2.37. The van der Waals surface area contributed by atoms with Crippen LogP contribution in [-0.4, -0.2) is 70.0 Å². The molecule has 2 unspecified atom stereocenters. The van der Waals surface area contributed by atoms with Crippen LogP contribution in [0.3, 0.4) is 0 Å². The van der Waals surface area contributed by atoms with Crippen molar-refractivity contribution in [2.75, 3.05) is 31.2 Å². The molecule has 2 aliphatic heterocycles. The molecule has 12 heteroatoms. The molecule has 180 valence electrons. The number of thioether (sulfide) groups is 1. The number of aromatic nitrogens is 1. The zero-order valence-electron chi connectivity index (χ0n) is 18.2. The van der Waals surface area contributed by atoms with E-state index >= 15 is 0 Å². The standard InChI is InChI=1S/C22H22ClFN4O4S2/c1-2-32-22(31)17-15(10-28-6-8-33-11-16(28)21(29)30)26-19(20-25-5-7-34-20)27-18(17)13-4-3-12(24)9-14(13)23/h3-5,7,9,16,18H,2,6,8,10-11H2,1H3,(H,26,27)(H,29,30). The maximum absolute atomic E-state index is 13.8. The summed E-state index contributed by atoms with van der Waals surface area (Å²) in [6.07, 6.45) is 1.64. The van der Waals surface area contributed by atoms with Gasteiger partial charge in [0.25, 0.3) is 0 Å². The highest BCUT2D eigenvalue weighted by atomic mass is 35.5. The summed E-state index contributed by atoms with van der Waals surface area (Å²) in [5.74, 6) is -0.404. The van der Waals surface area contributed by atoms with Crippen LogP contribution in [0.5, 0.6) is 0 Å². The van der Waals surface area contributed by atoms with Crippen LogP contribution in [0, 0.1) is 5.82 Å². The fourth-order valence-electron chi connectivity index (χ4n) is 3.82. The Morgan fingerprint density at radius 3 is 2.91 bits per heavy atom. The third-order valence-corrected chi connectivity index (χ3v) is 7.53. The average Bonchev–Trinajstić information content (AvgIpc) is 3.34. The Bertz CT molecular complexity index is 1140. The molecule has 2 aromatic rings. The molecule has 2 aliphatic rings. The number of aliphatic imine (C=N–C) groups is 1. The van der Waals surface area contributed by atoms with Crippen molar-refractivity contribution in [3.8, 4) is 0 Å². The molecule has 1 fully saturated rings. The number of carboxylic acid groups (broad SMARTS) is 1. The molecule has 34 heavy (non-hydrogen) atoms. The molecule has 0 aliphatic carbocycles. The summed E-state index contributed by atoms with van der Waals surface area (Å²) < 4.78 is 19.1. The minimum absolute atomic E-state index is 0.119. The number of amidine groups is 1. The molecule has 1 aromatic heterocycles. The highest BCUT2D eigenvalue weighted by Gasteiger charge is 2.37. The van der Waals surface area contributed by atoms with E-state index in [1.165, 1.54) is 29.5 Å². The monoisotopic (exact) mass is 524 g/mol. The van der Waals surface area contributed by atoms with Crippen LogP contribution in [0.1, 0.15) is 23.5 Å². The van der Waals surface area contributed by atoms with Crippen LogP contribution in [0.15, 0.2) is 46.0 Å². The number of thiazole rings is 1. The van der Waals surface area contributed by atoms with Crippen molar-refractivity contribution in [1.29, 1.82) is 0 Å². The summed E-state index contributed by atoms with van der Waals surface area (Å²) in [7, 11) is 0. The van der Waals surface area contributed by atoms with Gasteiger partial charge in [-0.05, 0) is 19.1 Å². The summed E-state index contributed by atoms with van der Waals surface area (Å²) in [5.41, 5.74) is 1.10. The van der Waals surface area contributed by atoms with Crippen LogP contribution in [0.2, 0.25) is 5.02 Å². The van der Waals surface area contributed by atoms with Gasteiger partial charge >= 0.3 is 11.9 Å². The fraction of sp³-hybridized carbons (Fsp3) is 0.364. The average molecular weight is 525 g/mol. The molecule has 0 saturated carbocycles. The van der Waals surface area contributed by atoms with E-state index in [4.69, 9.17) is 21.3 Å². The Kier molecular flexibility index (Phi) is 7.87. The van der Waals surface area contributed by atoms with Gasteiger partial charge in [0.1, 0.15) is 17.9 Å². The first-order valence-electron chi connectivity index (χ1n) is 10.5. The fourth-order valence-corrected chi connectivity index (χ4v) is 5.79. The number of nitrogens with zero attached hydrogens (tertiary/aromatic N) is 3. The zero-order valence-corrected chi connectivity index (χ0v) is 20.6. The normalized spacial score (nSPS) is 21.1. The molecule has 2 N–H and O–H groups in total. The number of carbonyl (C=O) groups excluding carboxylic acids is 1. The van der Waals surface area contributed by atoms with Crippen LogP contribution in [0.4, 0.5) is 4.39 Å². The van der Waals surface area contributed by atoms with Gasteiger partial charge in [-0.1, -0.05) is 17.7 Å². The van der Waals surface area contributed by atoms with Gasteiger partial charge in [0.05, 0.1) is 12.2 Å². The molecule has 0 radical (unpaired) electrons. The Labute approximate surface area is 208 Å². The number of hydrogen-bond donors (Lipinski definition) is 2. The second kappa shape index (κ2) is 10.9. The first-order chi connectivity index (χ1) is 16.4. The number of carbonyl (C=O) groups is 2. The van der Waals surface area contributed by atoms with Gasteiger partial charge in [0, 0.05) is 52.5 Å². The van der Waals surface area contributed by atoms with Crippen molar-refractivity contribution < 1.29 is 23.8 Å². The molecular formula is C22H22ClFN4O4S2. The first kappa shape index (κ1) is 24.6. The first-order valence-corrected chi connectivity index (χ1v) is 12.9. The lowest BCUT2D eigenvalue weighted by molar-refractivity contribution is -0.142. The molecule has 4 rings (SSSR count). The van der Waals surface area contributed by atoms with Gasteiger partial charge in [0.15, 0.2) is 10.8 Å². The number of rotatable bonds is 7. The molecule has 3 heterocycles. The predicted molar refractivity (Wildman–Crippen MR) is 130 cm³/mol. The molecule has 8 nitrogen and oxygen atoms in total. The topological polar surface area (TPSA) is 104 Å². The predicted octanol–water partition coefficient (Wildman–Crippen LogP) is 3.35. The molecule has 0 spiro atoms. The van der Waals surface area contributed by atoms with Crippen LogP contribution >= 0.6 is 34.7 Å². The molecule has 0 bridgehead atoms. The van der Waals surface area contributed by atoms with Crippen LogP contribution in [-0.2, 0) is 14.3 Å². The van der Waals surface area contributed by atoms with E-state index < -0.39 is 29.8 Å². The Morgan fingerprint density at radius 2 is 2.24 bits per heavy atom. The number of halogens is 2. The van der Waals surface area contributed by atoms with Crippen LogP contribution in [0.25, 0.3) is 0 Å². The van der Waals surface area contributed by atoms with Gasteiger partial charge in [-0.25, -0.2) is 14.2 Å². The van der Waals surface area contributed by atoms with E-state index in [9.17, 15) is 19.1 Å². The smallest absolute Gasteiger partial charge is 0.338 e. The molecular weight excluding hydrogens is 503 g/mol. The van der Waals surface area contributed by atoms with Crippen molar-refractivity contribution in [2.24, 2.45) is 4.99 Å². The number of esters is 1. The SMILES string of the molecule is CCOC(=O)C1=C(CN2CCSCC2C(=O)O)NC(c2nccs2)=NC1c1ccc(F)cc1Cl. The Balaban J connectivity index is 1.83. The Hall–Kier alpha value is -2.47. The number of hydrogen-bond acceptors (Lipinski definition) is 9. The summed E-state index contributed by atoms with van der Waals surface area (Å²) in [5, 5.41) is 15.4. The quantitative estimate of drug-likeness (QED) is 0.531. The molecule has 1 saturated heterocycles. The highest BCUT2D eigenvalue weighted by molar-refractivity contribution is 7.99. The lowest BCUT2D eigenvalue weighted by atomic mass is 9.95. The number of nitrogens with one attached hydrogen (secondary N) is 1. The number of ether oxygens (including phenoxy) is 1. The van der Waals surface area contributed by atoms with E-state index in [1.807, 2.05) is 4.90 Å². The number of aliphatic carboxylic acids is 1. The summed E-state index contributed by atoms with van der Waals surface area (Å²) in [6.45, 7) is 2.53. The number of benzene rings is 1. The maximum Gasteiger partial charge on any atom is 0.338 e. The van der Waals surface area contributed by atoms with Gasteiger partial charge in [-0.3, -0.25) is 14.7 Å². The Morgan fingerprint density at radius 1 is 1.41 bits per heavy atom. The van der Waals surface area contributed by atoms with Gasteiger partial charge in [-0.2, -0.15) is 11.8 Å². The van der Waals surface area contributed by atoms with Crippen molar-refractivity contribution in [3.63, 3.8) is 0 Å². The van der Waals surface area contributed by atoms with E-state index in [0.717, 1.165) is 5.75 Å². The van der Waals surface area contributed by atoms with Gasteiger partial charge in [0.2, 0.25) is 0 Å². The molecule has 0 amide bonds. The van der Waals surface area contributed by atoms with Crippen molar-refractivity contribution >= 4 is 52.5 Å². The van der Waals surface area contributed by atoms with E-state index in [2.05, 4.69) is 10.3 Å². The number of carboxylic acids is 1. The summed E-state index contributed by atoms with van der Waals surface area (Å²) >= 11 is 9.31. The van der Waals surface area contributed by atoms with E-state index in [0.29, 0.717) is 34.4 Å². The van der Waals surface area contributed by atoms with Gasteiger partial charge in [-0.15, -0.1) is 11.3 Å². The minimum Gasteiger partial charge on any atom is -0.480 e. The third kappa shape index (κ3) is 5.27. The second-order valence-electron chi connectivity index (χ2n) is 7.52. The van der Waals surface area contributed by atoms with Crippen molar-refractivity contribution in [2.45, 2.75) is 19.0 Å². The van der Waals surface area contributed by atoms with Crippen LogP contribution < -0.4 is 5.32 Å². The lowest BCUT2D eigenvalue weighted by Gasteiger charge is -2.35. The van der Waals surface area contributed by atoms with Gasteiger partial charge < -0.3 is 15.2 Å². The molecule has 1 aromatic carbocycles. The lowest BCUT2D eigenvalue weighted by Crippen LogP contribution is -2.50. The second-order valence-corrected chi connectivity index (χ2v) is 9.97. The largest absolute Gasteiger partial charge is 0.480 e. The van der Waals surface area contributed by atoms with E-state index in [1.54, 1.807) is 30.3 Å². The van der Waals surface area contributed by atoms with Crippen molar-refractivity contribution in [3.05, 3.63) is 62.5 Å². The maximum atomic E-state index is 13.8. The van der Waals surface area contributed by atoms with Crippen molar-refractivity contribution in [1.82, 2.24) is 15.2 Å². The minimum atomic E-state index is -0.923.